The van der Waals surface area contributed by atoms with Crippen LogP contribution < -0.4 is 10.9 Å². The number of amides is 3. The molecular weight excluding hydrogens is 557 g/mol. The minimum absolute atomic E-state index is 0.0175. The maximum Gasteiger partial charge on any atom is 0.312 e. The Morgan fingerprint density at radius 1 is 1.16 bits per heavy atom. The molecule has 0 radical (unpaired) electrons. The number of fused-ring (bicyclic) bond motifs is 2. The van der Waals surface area contributed by atoms with Crippen molar-refractivity contribution in [2.75, 3.05) is 14.1 Å². The van der Waals surface area contributed by atoms with Crippen molar-refractivity contribution >= 4 is 17.7 Å². The fourth-order valence-corrected chi connectivity index (χ4v) is 6.24. The first-order chi connectivity index (χ1) is 20.3. The fraction of sp³-hybridized carbons (Fsp3) is 0.467. The first-order valence-corrected chi connectivity index (χ1v) is 14.2. The topological polar surface area (TPSA) is 143 Å². The summed E-state index contributed by atoms with van der Waals surface area (Å²) in [6, 6.07) is 4.00. The highest BCUT2D eigenvalue weighted by molar-refractivity contribution is 6.34. The number of aromatic hydroxyl groups is 1. The zero-order valence-electron chi connectivity index (χ0n) is 24.9. The zero-order valence-corrected chi connectivity index (χ0v) is 24.9. The predicted octanol–water partition coefficient (Wildman–Crippen LogP) is 1.75. The van der Waals surface area contributed by atoms with Crippen LogP contribution in [0, 0.1) is 25.6 Å². The molecule has 12 nitrogen and oxygen atoms in total. The highest BCUT2D eigenvalue weighted by atomic mass is 19.1. The first kappa shape index (κ1) is 29.9. The molecule has 3 unspecified atom stereocenters. The molecule has 43 heavy (non-hydrogen) atoms. The van der Waals surface area contributed by atoms with E-state index in [9.17, 15) is 28.7 Å². The quantitative estimate of drug-likeness (QED) is 0.415. The molecule has 0 saturated heterocycles. The molecular formula is C30H36FN7O5. The fourth-order valence-electron chi connectivity index (χ4n) is 6.24. The van der Waals surface area contributed by atoms with E-state index in [1.54, 1.807) is 38.8 Å². The highest BCUT2D eigenvalue weighted by Gasteiger charge is 2.43. The summed E-state index contributed by atoms with van der Waals surface area (Å²) in [6.07, 6.45) is 3.72. The number of carbonyl (C=O) groups excluding carboxylic acids is 3. The van der Waals surface area contributed by atoms with E-state index in [0.29, 0.717) is 29.8 Å². The van der Waals surface area contributed by atoms with Crippen molar-refractivity contribution in [3.8, 4) is 5.75 Å². The van der Waals surface area contributed by atoms with Gasteiger partial charge >= 0.3 is 11.8 Å². The van der Waals surface area contributed by atoms with Crippen LogP contribution in [0.15, 0.2) is 29.2 Å². The van der Waals surface area contributed by atoms with Gasteiger partial charge < -0.3 is 20.2 Å². The lowest BCUT2D eigenvalue weighted by Gasteiger charge is -2.38. The molecule has 3 atom stereocenters. The largest absolute Gasteiger partial charge is 0.501 e. The van der Waals surface area contributed by atoms with Crippen molar-refractivity contribution in [2.24, 2.45) is 13.0 Å². The van der Waals surface area contributed by atoms with Crippen LogP contribution in [0.5, 0.6) is 5.75 Å². The van der Waals surface area contributed by atoms with Gasteiger partial charge in [0.25, 0.3) is 11.5 Å². The second kappa shape index (κ2) is 11.6. The molecule has 3 aromatic rings. The van der Waals surface area contributed by atoms with Crippen LogP contribution in [-0.4, -0.2) is 72.1 Å². The summed E-state index contributed by atoms with van der Waals surface area (Å²) in [6.45, 7) is 4.01. The van der Waals surface area contributed by atoms with Crippen LogP contribution in [0.3, 0.4) is 0 Å². The van der Waals surface area contributed by atoms with E-state index in [-0.39, 0.29) is 31.4 Å². The molecule has 1 aromatic carbocycles. The Kier molecular flexibility index (Phi) is 8.08. The number of nitrogens with one attached hydrogen (secondary N) is 1. The highest BCUT2D eigenvalue weighted by Crippen LogP contribution is 2.42. The van der Waals surface area contributed by atoms with Crippen LogP contribution in [0.2, 0.25) is 0 Å². The van der Waals surface area contributed by atoms with E-state index in [1.165, 1.54) is 26.5 Å². The van der Waals surface area contributed by atoms with Crippen molar-refractivity contribution in [2.45, 2.75) is 64.7 Å². The number of halogens is 1. The van der Waals surface area contributed by atoms with Gasteiger partial charge in [0.15, 0.2) is 5.69 Å². The standard InChI is InChI=1S/C30H36FN7O5/c1-16-10-18(7-9-22(16)31)12-32-27(40)24-25(39)28(41)38-13-19-6-8-21(26(38)33-24)23(11-19)37(5)30(43)29(42)35(3)14-20-15-36(4)34-17(20)2/h7,9-10,15,19,21,23,39H,6,8,11-14H2,1-5H3,(H,32,40). The molecule has 2 bridgehead atoms. The molecule has 2 aromatic heterocycles. The third-order valence-corrected chi connectivity index (χ3v) is 8.63. The van der Waals surface area contributed by atoms with E-state index in [4.69, 9.17) is 0 Å². The maximum atomic E-state index is 13.6. The molecule has 6 rings (SSSR count). The Morgan fingerprint density at radius 3 is 2.58 bits per heavy atom. The van der Waals surface area contributed by atoms with Crippen LogP contribution in [0.25, 0.3) is 0 Å². The molecule has 1 fully saturated rings. The zero-order chi connectivity index (χ0) is 31.2. The average molecular weight is 594 g/mol. The Labute approximate surface area is 248 Å². The summed E-state index contributed by atoms with van der Waals surface area (Å²) >= 11 is 0. The lowest BCUT2D eigenvalue weighted by molar-refractivity contribution is -0.152. The lowest BCUT2D eigenvalue weighted by Crippen LogP contribution is -2.49. The SMILES string of the molecule is Cc1cc(CNC(=O)c2nc3n(c(=O)c2O)CC2CCC3C(N(C)C(=O)C(=O)N(C)Cc3cn(C)nc3C)C2)ccc1F. The summed E-state index contributed by atoms with van der Waals surface area (Å²) in [4.78, 5) is 60.3. The predicted molar refractivity (Wildman–Crippen MR) is 154 cm³/mol. The van der Waals surface area contributed by atoms with E-state index in [2.05, 4.69) is 15.4 Å². The summed E-state index contributed by atoms with van der Waals surface area (Å²) in [5.74, 6) is -3.31. The molecule has 3 amide bonds. The molecule has 0 spiro atoms. The average Bonchev–Trinajstić information content (AvgIpc) is 3.11. The molecule has 1 aliphatic carbocycles. The normalized spacial score (nSPS) is 19.0. The number of hydrogen-bond donors (Lipinski definition) is 2. The van der Waals surface area contributed by atoms with E-state index in [0.717, 1.165) is 17.7 Å². The van der Waals surface area contributed by atoms with Gasteiger partial charge in [0, 0.05) is 64.5 Å². The minimum atomic E-state index is -0.749. The van der Waals surface area contributed by atoms with Gasteiger partial charge in [-0.2, -0.15) is 5.10 Å². The summed E-state index contributed by atoms with van der Waals surface area (Å²) in [7, 11) is 4.93. The van der Waals surface area contributed by atoms with Crippen LogP contribution in [0.4, 0.5) is 4.39 Å². The number of nitrogens with zero attached hydrogens (tertiary/aromatic N) is 6. The van der Waals surface area contributed by atoms with Crippen molar-refractivity contribution in [3.05, 3.63) is 74.5 Å². The second-order valence-electron chi connectivity index (χ2n) is 11.7. The van der Waals surface area contributed by atoms with Crippen molar-refractivity contribution < 1.29 is 23.9 Å². The Hall–Kier alpha value is -4.55. The summed E-state index contributed by atoms with van der Waals surface area (Å²) in [5.41, 5.74) is 1.55. The van der Waals surface area contributed by atoms with Crippen LogP contribution in [0.1, 0.15) is 63.9 Å². The van der Waals surface area contributed by atoms with Gasteiger partial charge in [0.05, 0.1) is 5.69 Å². The molecule has 228 valence electrons. The number of rotatable bonds is 6. The number of aromatic nitrogens is 4. The van der Waals surface area contributed by atoms with E-state index >= 15 is 0 Å². The van der Waals surface area contributed by atoms with Crippen molar-refractivity contribution in [1.82, 2.24) is 34.4 Å². The molecule has 1 saturated carbocycles. The third-order valence-electron chi connectivity index (χ3n) is 8.63. The molecule has 4 heterocycles. The first-order valence-electron chi connectivity index (χ1n) is 14.2. The minimum Gasteiger partial charge on any atom is -0.501 e. The monoisotopic (exact) mass is 593 g/mol. The van der Waals surface area contributed by atoms with Crippen molar-refractivity contribution in [3.63, 3.8) is 0 Å². The summed E-state index contributed by atoms with van der Waals surface area (Å²) in [5, 5.41) is 17.6. The number of aryl methyl sites for hydroxylation is 3. The molecule has 3 aliphatic rings. The Morgan fingerprint density at radius 2 is 1.91 bits per heavy atom. The van der Waals surface area contributed by atoms with Gasteiger partial charge in [-0.3, -0.25) is 28.4 Å². The van der Waals surface area contributed by atoms with Gasteiger partial charge in [-0.05, 0) is 56.2 Å². The molecule has 2 aliphatic heterocycles. The number of likely N-dealkylation sites (N-methyl/N-ethyl adjacent to an activating group) is 2. The maximum absolute atomic E-state index is 13.6. The van der Waals surface area contributed by atoms with Crippen molar-refractivity contribution in [1.29, 1.82) is 0 Å². The smallest absolute Gasteiger partial charge is 0.312 e. The number of hydrogen-bond acceptors (Lipinski definition) is 7. The van der Waals surface area contributed by atoms with Gasteiger partial charge in [0.1, 0.15) is 11.6 Å². The molecule has 2 N–H and O–H groups in total. The lowest BCUT2D eigenvalue weighted by atomic mass is 9.78. The third kappa shape index (κ3) is 5.75. The van der Waals surface area contributed by atoms with Gasteiger partial charge in [-0.25, -0.2) is 9.37 Å². The van der Waals surface area contributed by atoms with Gasteiger partial charge in [-0.15, -0.1) is 0 Å². The Bertz CT molecular complexity index is 1660. The van der Waals surface area contributed by atoms with E-state index < -0.39 is 46.7 Å². The van der Waals surface area contributed by atoms with Crippen LogP contribution >= 0.6 is 0 Å². The van der Waals surface area contributed by atoms with Gasteiger partial charge in [-0.1, -0.05) is 12.1 Å². The summed E-state index contributed by atoms with van der Waals surface area (Å²) < 4.78 is 16.7. The second-order valence-corrected chi connectivity index (χ2v) is 11.7. The number of benzene rings is 1. The Balaban J connectivity index is 1.37. The molecule has 13 heteroatoms. The number of carbonyl (C=O) groups is 3. The van der Waals surface area contributed by atoms with Crippen LogP contribution in [-0.2, 0) is 36.3 Å². The van der Waals surface area contributed by atoms with E-state index in [1.807, 2.05) is 13.1 Å². The van der Waals surface area contributed by atoms with Gasteiger partial charge in [0.2, 0.25) is 5.75 Å².